The predicted octanol–water partition coefficient (Wildman–Crippen LogP) is 3.07. The number of hydrogen-bond acceptors (Lipinski definition) is 6. The topological polar surface area (TPSA) is 77.2 Å². The average Bonchev–Trinajstić information content (AvgIpc) is 3.12. The number of anilines is 1. The van der Waals surface area contributed by atoms with Crippen LogP contribution in [0, 0.1) is 0 Å². The molecule has 1 N–H and O–H groups in total. The van der Waals surface area contributed by atoms with Crippen LogP contribution in [0.5, 0.6) is 5.88 Å². The highest BCUT2D eigenvalue weighted by molar-refractivity contribution is 5.83. The van der Waals surface area contributed by atoms with Gasteiger partial charge in [-0.2, -0.15) is 10.1 Å². The van der Waals surface area contributed by atoms with E-state index >= 15 is 0 Å². The van der Waals surface area contributed by atoms with E-state index in [0.29, 0.717) is 11.8 Å². The molecular weight excluding hydrogens is 347 g/mol. The van der Waals surface area contributed by atoms with E-state index < -0.39 is 5.67 Å². The molecule has 0 spiro atoms. The third kappa shape index (κ3) is 3.47. The fourth-order valence-electron chi connectivity index (χ4n) is 3.10. The zero-order valence-corrected chi connectivity index (χ0v) is 15.5. The number of methoxy groups -OCH3 is 1. The van der Waals surface area contributed by atoms with Gasteiger partial charge in [-0.1, -0.05) is 6.08 Å². The molecule has 0 atom stereocenters. The maximum absolute atomic E-state index is 13.8. The summed E-state index contributed by atoms with van der Waals surface area (Å²) in [4.78, 5) is 13.3. The summed E-state index contributed by atoms with van der Waals surface area (Å²) in [6, 6.07) is 3.85. The first kappa shape index (κ1) is 17.4. The molecule has 8 heteroatoms. The van der Waals surface area contributed by atoms with Crippen LogP contribution in [0.15, 0.2) is 30.6 Å². The van der Waals surface area contributed by atoms with E-state index in [4.69, 9.17) is 4.74 Å². The number of nitrogens with one attached hydrogen (secondary N) is 1. The summed E-state index contributed by atoms with van der Waals surface area (Å²) >= 11 is 0. The number of alkyl halides is 1. The van der Waals surface area contributed by atoms with Crippen molar-refractivity contribution in [2.24, 2.45) is 0 Å². The number of imidazole rings is 1. The molecule has 3 aromatic heterocycles. The van der Waals surface area contributed by atoms with Gasteiger partial charge in [-0.25, -0.2) is 18.9 Å². The first-order valence-corrected chi connectivity index (χ1v) is 8.83. The number of fused-ring (bicyclic) bond motifs is 2. The van der Waals surface area contributed by atoms with Crippen molar-refractivity contribution in [2.45, 2.75) is 32.4 Å². The second-order valence-corrected chi connectivity index (χ2v) is 7.06. The molecule has 140 valence electrons. The summed E-state index contributed by atoms with van der Waals surface area (Å²) in [6.45, 7) is 3.14. The van der Waals surface area contributed by atoms with E-state index in [2.05, 4.69) is 31.4 Å². The lowest BCUT2D eigenvalue weighted by Crippen LogP contribution is -2.25. The quantitative estimate of drug-likeness (QED) is 0.746. The van der Waals surface area contributed by atoms with E-state index in [9.17, 15) is 4.39 Å². The molecule has 0 saturated carbocycles. The number of hydrogen-bond donors (Lipinski definition) is 1. The lowest BCUT2D eigenvalue weighted by atomic mass is 9.93. The van der Waals surface area contributed by atoms with E-state index in [1.54, 1.807) is 17.8 Å². The van der Waals surface area contributed by atoms with E-state index in [0.717, 1.165) is 41.0 Å². The van der Waals surface area contributed by atoms with Crippen molar-refractivity contribution in [3.8, 4) is 5.88 Å². The maximum atomic E-state index is 13.8. The molecule has 0 saturated heterocycles. The lowest BCUT2D eigenvalue weighted by molar-refractivity contribution is 0.234. The zero-order chi connectivity index (χ0) is 19.0. The Morgan fingerprint density at radius 1 is 1.30 bits per heavy atom. The van der Waals surface area contributed by atoms with Gasteiger partial charge >= 0.3 is 0 Å². The van der Waals surface area contributed by atoms with Gasteiger partial charge in [0.05, 0.1) is 30.6 Å². The smallest absolute Gasteiger partial charge is 0.226 e. The fraction of sp³-hybridized carbons (Fsp3) is 0.368. The summed E-state index contributed by atoms with van der Waals surface area (Å²) in [6.07, 6.45) is 7.24. The number of halogens is 1. The van der Waals surface area contributed by atoms with Crippen molar-refractivity contribution in [1.82, 2.24) is 24.6 Å². The van der Waals surface area contributed by atoms with E-state index in [1.807, 2.05) is 18.3 Å². The van der Waals surface area contributed by atoms with Gasteiger partial charge in [-0.15, -0.1) is 0 Å². The van der Waals surface area contributed by atoms with E-state index in [-0.39, 0.29) is 6.54 Å². The summed E-state index contributed by atoms with van der Waals surface area (Å²) in [7, 11) is 1.57. The average molecular weight is 368 g/mol. The van der Waals surface area contributed by atoms with Crippen LogP contribution in [-0.4, -0.2) is 43.9 Å². The van der Waals surface area contributed by atoms with Crippen LogP contribution < -0.4 is 10.1 Å². The Kier molecular flexibility index (Phi) is 4.25. The minimum Gasteiger partial charge on any atom is -0.480 e. The molecule has 0 aromatic carbocycles. The van der Waals surface area contributed by atoms with Gasteiger partial charge in [-0.05, 0) is 38.8 Å². The second kappa shape index (κ2) is 6.61. The van der Waals surface area contributed by atoms with Crippen LogP contribution in [0.1, 0.15) is 37.2 Å². The number of ether oxygens (including phenoxy) is 1. The molecule has 3 aromatic rings. The Bertz CT molecular complexity index is 1020. The van der Waals surface area contributed by atoms with Gasteiger partial charge in [0, 0.05) is 18.0 Å². The minimum atomic E-state index is -1.36. The molecular formula is C19H21FN6O. The predicted molar refractivity (Wildman–Crippen MR) is 101 cm³/mol. The monoisotopic (exact) mass is 368 g/mol. The SMILES string of the molecule is COc1nc(NCC(C)(C)F)nc2c1C(c1ccc3nccn3n1)=CCC2. The standard InChI is InChI=1S/C19H21FN6O/c1-19(2,20)11-22-18-23-14-6-4-5-12(16(14)17(24-18)27-3)13-7-8-15-21-9-10-26(15)25-13/h5,7-10H,4,6,11H2,1-3H3,(H,22,23,24). The molecule has 4 rings (SSSR count). The first-order chi connectivity index (χ1) is 12.9. The molecule has 27 heavy (non-hydrogen) atoms. The molecule has 1 aliphatic rings. The highest BCUT2D eigenvalue weighted by atomic mass is 19.1. The van der Waals surface area contributed by atoms with Crippen LogP contribution in [0.3, 0.4) is 0 Å². The normalized spacial score (nSPS) is 14.0. The Morgan fingerprint density at radius 2 is 2.15 bits per heavy atom. The summed E-state index contributed by atoms with van der Waals surface area (Å²) in [5.74, 6) is 0.827. The first-order valence-electron chi connectivity index (χ1n) is 8.83. The van der Waals surface area contributed by atoms with Gasteiger partial charge in [0.25, 0.3) is 0 Å². The molecule has 7 nitrogen and oxygen atoms in total. The maximum Gasteiger partial charge on any atom is 0.226 e. The van der Waals surface area contributed by atoms with Crippen molar-refractivity contribution in [2.75, 3.05) is 19.0 Å². The van der Waals surface area contributed by atoms with Crippen molar-refractivity contribution in [3.63, 3.8) is 0 Å². The number of aromatic nitrogens is 5. The van der Waals surface area contributed by atoms with Gasteiger partial charge in [0.15, 0.2) is 5.65 Å². The molecule has 0 fully saturated rings. The molecule has 1 aliphatic carbocycles. The number of allylic oxidation sites excluding steroid dienone is 1. The van der Waals surface area contributed by atoms with Gasteiger partial charge < -0.3 is 10.1 Å². The summed E-state index contributed by atoms with van der Waals surface area (Å²) < 4.78 is 21.1. The zero-order valence-electron chi connectivity index (χ0n) is 15.5. The van der Waals surface area contributed by atoms with Crippen molar-refractivity contribution >= 4 is 17.2 Å². The summed E-state index contributed by atoms with van der Waals surface area (Å²) in [5, 5.41) is 7.59. The largest absolute Gasteiger partial charge is 0.480 e. The Labute approximate surface area is 156 Å². The molecule has 0 amide bonds. The lowest BCUT2D eigenvalue weighted by Gasteiger charge is -2.21. The molecule has 0 bridgehead atoms. The van der Waals surface area contributed by atoms with Crippen molar-refractivity contribution in [3.05, 3.63) is 47.6 Å². The highest BCUT2D eigenvalue weighted by Gasteiger charge is 2.24. The second-order valence-electron chi connectivity index (χ2n) is 7.06. The van der Waals surface area contributed by atoms with Crippen molar-refractivity contribution in [1.29, 1.82) is 0 Å². The molecule has 0 aliphatic heterocycles. The minimum absolute atomic E-state index is 0.122. The number of aryl methyl sites for hydroxylation is 1. The van der Waals surface area contributed by atoms with Crippen LogP contribution in [0.4, 0.5) is 10.3 Å². The van der Waals surface area contributed by atoms with Gasteiger partial charge in [0.1, 0.15) is 5.67 Å². The van der Waals surface area contributed by atoms with Gasteiger partial charge in [0.2, 0.25) is 11.8 Å². The third-order valence-corrected chi connectivity index (χ3v) is 4.34. The number of rotatable bonds is 5. The van der Waals surface area contributed by atoms with Crippen LogP contribution in [0.2, 0.25) is 0 Å². The Hall–Kier alpha value is -3.03. The molecule has 0 radical (unpaired) electrons. The molecule has 0 unspecified atom stereocenters. The Balaban J connectivity index is 1.75. The summed E-state index contributed by atoms with van der Waals surface area (Å²) in [5.41, 5.74) is 2.86. The van der Waals surface area contributed by atoms with Crippen LogP contribution >= 0.6 is 0 Å². The van der Waals surface area contributed by atoms with Crippen molar-refractivity contribution < 1.29 is 9.13 Å². The Morgan fingerprint density at radius 3 is 2.93 bits per heavy atom. The van der Waals surface area contributed by atoms with Gasteiger partial charge in [-0.3, -0.25) is 0 Å². The molecule has 3 heterocycles. The van der Waals surface area contributed by atoms with E-state index in [1.165, 1.54) is 13.8 Å². The van der Waals surface area contributed by atoms with Crippen LogP contribution in [0.25, 0.3) is 11.2 Å². The third-order valence-electron chi connectivity index (χ3n) is 4.34. The fourth-order valence-corrected chi connectivity index (χ4v) is 3.10. The van der Waals surface area contributed by atoms with Crippen LogP contribution in [-0.2, 0) is 6.42 Å². The number of nitrogens with zero attached hydrogens (tertiary/aromatic N) is 5. The highest BCUT2D eigenvalue weighted by Crippen LogP contribution is 2.36.